The number of carbonyl (C=O) groups excluding carboxylic acids is 1. The number of rotatable bonds is 6. The summed E-state index contributed by atoms with van der Waals surface area (Å²) >= 11 is 8.30. The van der Waals surface area contributed by atoms with Gasteiger partial charge in [-0.05, 0) is 61.3 Å². The fourth-order valence-electron chi connectivity index (χ4n) is 3.20. The number of hydrogen-bond acceptors (Lipinski definition) is 5. The Hall–Kier alpha value is -1.35. The molecule has 26 heavy (non-hydrogen) atoms. The highest BCUT2D eigenvalue weighted by Gasteiger charge is 2.29. The molecule has 0 radical (unpaired) electrons. The average molecular weight is 490 g/mol. The minimum Gasteiger partial charge on any atom is -0.466 e. The Morgan fingerprint density at radius 2 is 2.15 bits per heavy atom. The lowest BCUT2D eigenvalue weighted by Gasteiger charge is -2.27. The van der Waals surface area contributed by atoms with Crippen molar-refractivity contribution in [2.24, 2.45) is 5.92 Å². The maximum atomic E-state index is 11.9. The van der Waals surface area contributed by atoms with E-state index in [-0.39, 0.29) is 18.0 Å². The van der Waals surface area contributed by atoms with Crippen LogP contribution in [0, 0.1) is 9.62 Å². The number of pyridine rings is 1. The molecule has 2 aromatic rings. The van der Waals surface area contributed by atoms with Gasteiger partial charge in [0.1, 0.15) is 9.80 Å². The molecule has 0 atom stereocenters. The second kappa shape index (κ2) is 8.56. The highest BCUT2D eigenvalue weighted by molar-refractivity contribution is 14.1. The largest absolute Gasteiger partial charge is 0.466 e. The summed E-state index contributed by atoms with van der Waals surface area (Å²) in [4.78, 5) is 20.8. The average Bonchev–Trinajstić information content (AvgIpc) is 2.93. The van der Waals surface area contributed by atoms with Crippen LogP contribution in [-0.4, -0.2) is 33.2 Å². The van der Waals surface area contributed by atoms with Gasteiger partial charge in [-0.3, -0.25) is 9.36 Å². The van der Waals surface area contributed by atoms with Crippen molar-refractivity contribution in [3.05, 3.63) is 27.4 Å². The number of halogens is 2. The first kappa shape index (κ1) is 19.4. The number of carbonyl (C=O) groups is 1. The molecule has 0 saturated heterocycles. The lowest BCUT2D eigenvalue weighted by atomic mass is 9.87. The van der Waals surface area contributed by atoms with E-state index in [0.717, 1.165) is 31.2 Å². The van der Waals surface area contributed by atoms with Gasteiger partial charge in [0.15, 0.2) is 5.65 Å². The van der Waals surface area contributed by atoms with E-state index in [1.54, 1.807) is 6.08 Å². The molecule has 1 fully saturated rings. The summed E-state index contributed by atoms with van der Waals surface area (Å²) in [6, 6.07) is 2.37. The summed E-state index contributed by atoms with van der Waals surface area (Å²) in [5.74, 6) is -0.123. The van der Waals surface area contributed by atoms with Crippen molar-refractivity contribution in [2.45, 2.75) is 45.3 Å². The number of imidazole rings is 1. The second-order valence-electron chi connectivity index (χ2n) is 6.24. The Morgan fingerprint density at radius 1 is 1.42 bits per heavy atom. The molecule has 140 valence electrons. The molecule has 0 spiro atoms. The van der Waals surface area contributed by atoms with Gasteiger partial charge < -0.3 is 9.47 Å². The zero-order valence-corrected chi connectivity index (χ0v) is 17.5. The van der Waals surface area contributed by atoms with E-state index in [2.05, 4.69) is 39.1 Å². The van der Waals surface area contributed by atoms with Crippen molar-refractivity contribution >= 4 is 51.3 Å². The van der Waals surface area contributed by atoms with Crippen LogP contribution >= 0.6 is 34.2 Å². The van der Waals surface area contributed by atoms with Crippen molar-refractivity contribution < 1.29 is 14.3 Å². The van der Waals surface area contributed by atoms with Gasteiger partial charge in [0.05, 0.1) is 23.1 Å². The summed E-state index contributed by atoms with van der Waals surface area (Å²) in [6.07, 6.45) is 4.95. The molecule has 8 heteroatoms. The zero-order valence-electron chi connectivity index (χ0n) is 14.6. The molecule has 1 aliphatic carbocycles. The Balaban J connectivity index is 1.76. The van der Waals surface area contributed by atoms with E-state index in [1.165, 1.54) is 0 Å². The number of allylic oxidation sites excluding steroid dienone is 1. The summed E-state index contributed by atoms with van der Waals surface area (Å²) in [7, 11) is 0. The summed E-state index contributed by atoms with van der Waals surface area (Å²) in [5, 5.41) is 0.588. The van der Waals surface area contributed by atoms with Gasteiger partial charge in [-0.2, -0.15) is 4.98 Å². The lowest BCUT2D eigenvalue weighted by molar-refractivity contribution is -0.149. The topological polar surface area (TPSA) is 66.2 Å². The van der Waals surface area contributed by atoms with Crippen LogP contribution in [0.25, 0.3) is 11.2 Å². The van der Waals surface area contributed by atoms with Crippen molar-refractivity contribution in [1.82, 2.24) is 14.5 Å². The van der Waals surface area contributed by atoms with Crippen molar-refractivity contribution in [3.63, 3.8) is 0 Å². The second-order valence-corrected chi connectivity index (χ2v) is 7.67. The Labute approximate surface area is 171 Å². The molecule has 1 saturated carbocycles. The highest BCUT2D eigenvalue weighted by Crippen LogP contribution is 2.31. The van der Waals surface area contributed by atoms with E-state index in [9.17, 15) is 4.79 Å². The van der Waals surface area contributed by atoms with Crippen LogP contribution in [0.1, 0.15) is 32.6 Å². The monoisotopic (exact) mass is 489 g/mol. The maximum Gasteiger partial charge on any atom is 0.308 e. The summed E-state index contributed by atoms with van der Waals surface area (Å²) in [5.41, 5.74) is 1.43. The van der Waals surface area contributed by atoms with Crippen LogP contribution in [0.5, 0.6) is 6.01 Å². The van der Waals surface area contributed by atoms with Crippen LogP contribution in [0.2, 0.25) is 5.02 Å². The third-order valence-electron chi connectivity index (χ3n) is 4.49. The molecule has 0 aromatic carbocycles. The van der Waals surface area contributed by atoms with Gasteiger partial charge in [-0.25, -0.2) is 4.98 Å². The third-order valence-corrected chi connectivity index (χ3v) is 5.92. The van der Waals surface area contributed by atoms with E-state index < -0.39 is 0 Å². The first-order valence-corrected chi connectivity index (χ1v) is 10.2. The van der Waals surface area contributed by atoms with Gasteiger partial charge in [0, 0.05) is 6.54 Å². The number of fused-ring (bicyclic) bond motifs is 1. The quantitative estimate of drug-likeness (QED) is 0.261. The van der Waals surface area contributed by atoms with Crippen LogP contribution < -0.4 is 4.74 Å². The minimum absolute atomic E-state index is 0.0237. The number of ether oxygens (including phenoxy) is 2. The minimum atomic E-state index is -0.0988. The van der Waals surface area contributed by atoms with Gasteiger partial charge >= 0.3 is 5.97 Å². The molecule has 0 amide bonds. The van der Waals surface area contributed by atoms with Gasteiger partial charge in [0.2, 0.25) is 0 Å². The first-order valence-electron chi connectivity index (χ1n) is 8.70. The van der Waals surface area contributed by atoms with E-state index >= 15 is 0 Å². The Kier molecular flexibility index (Phi) is 6.39. The molecule has 2 aromatic heterocycles. The van der Waals surface area contributed by atoms with Gasteiger partial charge in [0.25, 0.3) is 6.01 Å². The Morgan fingerprint density at radius 3 is 2.81 bits per heavy atom. The normalized spacial score (nSPS) is 20.1. The predicted molar refractivity (Wildman–Crippen MR) is 108 cm³/mol. The van der Waals surface area contributed by atoms with E-state index in [4.69, 9.17) is 21.1 Å². The fourth-order valence-corrected chi connectivity index (χ4v) is 3.73. The third kappa shape index (κ3) is 4.14. The van der Waals surface area contributed by atoms with Crippen LogP contribution in [0.15, 0.2) is 18.7 Å². The van der Waals surface area contributed by atoms with Crippen molar-refractivity contribution in [2.75, 3.05) is 6.61 Å². The molecule has 0 unspecified atom stereocenters. The summed E-state index contributed by atoms with van der Waals surface area (Å²) in [6.45, 7) is 6.62. The number of hydrogen-bond donors (Lipinski definition) is 0. The molecule has 0 bridgehead atoms. The van der Waals surface area contributed by atoms with Gasteiger partial charge in [-0.1, -0.05) is 17.7 Å². The lowest BCUT2D eigenvalue weighted by Crippen LogP contribution is -2.29. The van der Waals surface area contributed by atoms with Gasteiger partial charge in [-0.15, -0.1) is 6.58 Å². The molecule has 2 heterocycles. The van der Waals surface area contributed by atoms with Crippen LogP contribution in [0.3, 0.4) is 0 Å². The molecule has 0 N–H and O–H groups in total. The van der Waals surface area contributed by atoms with Crippen LogP contribution in [-0.2, 0) is 16.1 Å². The molecule has 1 aliphatic rings. The highest BCUT2D eigenvalue weighted by atomic mass is 127. The number of aromatic nitrogens is 3. The van der Waals surface area contributed by atoms with Crippen molar-refractivity contribution in [1.29, 1.82) is 0 Å². The van der Waals surface area contributed by atoms with Crippen molar-refractivity contribution in [3.8, 4) is 6.01 Å². The fraction of sp³-hybridized carbons (Fsp3) is 0.500. The standard InChI is InChI=1S/C18H21ClIN3O3/c1-3-9-23-14-10-13(19)15(20)21-16(14)22-18(23)26-12-7-5-11(6-8-12)17(24)25-4-2/h3,10-12H,1,4-9H2,2H3/t11-,12-. The smallest absolute Gasteiger partial charge is 0.308 e. The molecular formula is C18H21ClIN3O3. The van der Waals surface area contributed by atoms with Crippen LogP contribution in [0.4, 0.5) is 0 Å². The maximum absolute atomic E-state index is 11.9. The zero-order chi connectivity index (χ0) is 18.7. The number of nitrogens with zero attached hydrogens (tertiary/aromatic N) is 3. The first-order chi connectivity index (χ1) is 12.5. The molecule has 0 aliphatic heterocycles. The molecule has 3 rings (SSSR count). The SMILES string of the molecule is C=CCn1c(O[C@H]2CC[C@H](C(=O)OCC)CC2)nc2nc(I)c(Cl)cc21. The van der Waals surface area contributed by atoms with E-state index in [0.29, 0.717) is 33.5 Å². The number of esters is 1. The molecule has 6 nitrogen and oxygen atoms in total. The summed E-state index contributed by atoms with van der Waals surface area (Å²) < 4.78 is 13.9. The predicted octanol–water partition coefficient (Wildman–Crippen LogP) is 4.38. The molecular weight excluding hydrogens is 469 g/mol. The Bertz CT molecular complexity index is 816. The van der Waals surface area contributed by atoms with E-state index in [1.807, 2.05) is 17.6 Å².